The molecule has 1 N–H and O–H groups in total. The predicted octanol–water partition coefficient (Wildman–Crippen LogP) is 4.53. The summed E-state index contributed by atoms with van der Waals surface area (Å²) in [6.07, 6.45) is 3.77. The van der Waals surface area contributed by atoms with Crippen LogP contribution in [-0.4, -0.2) is 29.0 Å². The molecule has 26 heavy (non-hydrogen) atoms. The lowest BCUT2D eigenvalue weighted by Crippen LogP contribution is -2.29. The van der Waals surface area contributed by atoms with Crippen LogP contribution in [0.25, 0.3) is 11.0 Å². The van der Waals surface area contributed by atoms with Crippen molar-refractivity contribution in [3.05, 3.63) is 59.4 Å². The minimum absolute atomic E-state index is 0.103. The van der Waals surface area contributed by atoms with Gasteiger partial charge in [-0.1, -0.05) is 23.7 Å². The lowest BCUT2D eigenvalue weighted by molar-refractivity contribution is 0.102. The molecule has 0 radical (unpaired) electrons. The molecule has 5 nitrogen and oxygen atoms in total. The lowest BCUT2D eigenvalue weighted by Gasteiger charge is -2.28. The number of halogens is 1. The summed E-state index contributed by atoms with van der Waals surface area (Å²) >= 11 is 6.15. The number of carbonyl (C=O) groups is 1. The van der Waals surface area contributed by atoms with Gasteiger partial charge in [-0.3, -0.25) is 4.79 Å². The number of carbonyl (C=O) groups excluding carboxylic acids is 1. The highest BCUT2D eigenvalue weighted by Gasteiger charge is 2.16. The maximum atomic E-state index is 12.6. The summed E-state index contributed by atoms with van der Waals surface area (Å²) in [4.78, 5) is 23.5. The van der Waals surface area contributed by atoms with Gasteiger partial charge in [0.15, 0.2) is 10.8 Å². The zero-order valence-corrected chi connectivity index (χ0v) is 15.0. The molecule has 0 aliphatic carbocycles. The highest BCUT2D eigenvalue weighted by molar-refractivity contribution is 6.33. The molecule has 0 spiro atoms. The summed E-state index contributed by atoms with van der Waals surface area (Å²) in [5, 5.41) is 2.95. The van der Waals surface area contributed by atoms with Gasteiger partial charge in [0, 0.05) is 24.5 Å². The standard InChI is InChI=1S/C20H19ClN4O/c21-19-18(23-16-6-2-3-7-17(16)24-19)20(26)22-14-8-10-15(11-9-14)25-12-4-1-5-13-25/h2-3,6-11H,1,4-5,12-13H2,(H,22,26). The summed E-state index contributed by atoms with van der Waals surface area (Å²) in [6, 6.07) is 15.2. The van der Waals surface area contributed by atoms with Crippen LogP contribution in [0.2, 0.25) is 5.15 Å². The van der Waals surface area contributed by atoms with Crippen LogP contribution in [0.4, 0.5) is 11.4 Å². The highest BCUT2D eigenvalue weighted by Crippen LogP contribution is 2.23. The first kappa shape index (κ1) is 16.8. The Morgan fingerprint density at radius 2 is 1.58 bits per heavy atom. The van der Waals surface area contributed by atoms with Gasteiger partial charge in [0.2, 0.25) is 0 Å². The fraction of sp³-hybridized carbons (Fsp3) is 0.250. The molecule has 1 amide bonds. The van der Waals surface area contributed by atoms with Gasteiger partial charge in [-0.05, 0) is 55.7 Å². The Bertz CT molecular complexity index is 936. The van der Waals surface area contributed by atoms with Crippen LogP contribution >= 0.6 is 11.6 Å². The van der Waals surface area contributed by atoms with Crippen molar-refractivity contribution in [2.24, 2.45) is 0 Å². The maximum absolute atomic E-state index is 12.6. The number of anilines is 2. The molecule has 1 saturated heterocycles. The van der Waals surface area contributed by atoms with E-state index < -0.39 is 0 Å². The Labute approximate surface area is 157 Å². The first-order chi connectivity index (χ1) is 12.7. The quantitative estimate of drug-likeness (QED) is 0.740. The van der Waals surface area contributed by atoms with Gasteiger partial charge in [0.25, 0.3) is 5.91 Å². The minimum Gasteiger partial charge on any atom is -0.372 e. The maximum Gasteiger partial charge on any atom is 0.277 e. The highest BCUT2D eigenvalue weighted by atomic mass is 35.5. The second-order valence-electron chi connectivity index (χ2n) is 6.40. The topological polar surface area (TPSA) is 58.1 Å². The number of aromatic nitrogens is 2. The van der Waals surface area contributed by atoms with Crippen LogP contribution in [0.1, 0.15) is 29.8 Å². The van der Waals surface area contributed by atoms with Gasteiger partial charge in [-0.2, -0.15) is 0 Å². The summed E-state index contributed by atoms with van der Waals surface area (Å²) in [7, 11) is 0. The molecule has 2 aromatic carbocycles. The van der Waals surface area contributed by atoms with Crippen LogP contribution in [0.15, 0.2) is 48.5 Å². The molecule has 0 bridgehead atoms. The SMILES string of the molecule is O=C(Nc1ccc(N2CCCCC2)cc1)c1nc2ccccc2nc1Cl. The van der Waals surface area contributed by atoms with Crippen LogP contribution < -0.4 is 10.2 Å². The summed E-state index contributed by atoms with van der Waals surface area (Å²) < 4.78 is 0. The summed E-state index contributed by atoms with van der Waals surface area (Å²) in [5.74, 6) is -0.362. The van der Waals surface area contributed by atoms with Crippen molar-refractivity contribution in [3.63, 3.8) is 0 Å². The monoisotopic (exact) mass is 366 g/mol. The minimum atomic E-state index is -0.362. The van der Waals surface area contributed by atoms with Crippen molar-refractivity contribution in [3.8, 4) is 0 Å². The number of para-hydroxylation sites is 2. The molecule has 0 saturated carbocycles. The van der Waals surface area contributed by atoms with Crippen molar-refractivity contribution in [1.29, 1.82) is 0 Å². The molecule has 1 aromatic heterocycles. The molecule has 0 unspecified atom stereocenters. The van der Waals surface area contributed by atoms with Crippen LogP contribution in [0, 0.1) is 0 Å². The van der Waals surface area contributed by atoms with Gasteiger partial charge in [-0.25, -0.2) is 9.97 Å². The third-order valence-electron chi connectivity index (χ3n) is 4.59. The average molecular weight is 367 g/mol. The van der Waals surface area contributed by atoms with E-state index in [1.54, 1.807) is 0 Å². The average Bonchev–Trinajstić information content (AvgIpc) is 2.68. The van der Waals surface area contributed by atoms with Gasteiger partial charge in [0.05, 0.1) is 11.0 Å². The van der Waals surface area contributed by atoms with Crippen molar-refractivity contribution in [2.75, 3.05) is 23.3 Å². The lowest BCUT2D eigenvalue weighted by atomic mass is 10.1. The van der Waals surface area contributed by atoms with Crippen molar-refractivity contribution in [2.45, 2.75) is 19.3 Å². The van der Waals surface area contributed by atoms with E-state index in [2.05, 4.69) is 20.2 Å². The van der Waals surface area contributed by atoms with E-state index in [1.807, 2.05) is 48.5 Å². The number of hydrogen-bond donors (Lipinski definition) is 1. The number of nitrogens with zero attached hydrogens (tertiary/aromatic N) is 3. The number of amides is 1. The van der Waals surface area contributed by atoms with E-state index in [4.69, 9.17) is 11.6 Å². The number of fused-ring (bicyclic) bond motifs is 1. The normalized spacial score (nSPS) is 14.4. The Hall–Kier alpha value is -2.66. The first-order valence-corrected chi connectivity index (χ1v) is 9.17. The number of rotatable bonds is 3. The van der Waals surface area contributed by atoms with Gasteiger partial charge >= 0.3 is 0 Å². The number of nitrogens with one attached hydrogen (secondary N) is 1. The van der Waals surface area contributed by atoms with Gasteiger partial charge < -0.3 is 10.2 Å². The van der Waals surface area contributed by atoms with Crippen LogP contribution in [0.3, 0.4) is 0 Å². The molecule has 132 valence electrons. The van der Waals surface area contributed by atoms with Crippen LogP contribution in [-0.2, 0) is 0 Å². The fourth-order valence-electron chi connectivity index (χ4n) is 3.22. The molecule has 1 aliphatic heterocycles. The smallest absolute Gasteiger partial charge is 0.277 e. The van der Waals surface area contributed by atoms with E-state index in [0.717, 1.165) is 13.1 Å². The number of hydrogen-bond acceptors (Lipinski definition) is 4. The molecule has 0 atom stereocenters. The second kappa shape index (κ2) is 7.30. The molecular weight excluding hydrogens is 348 g/mol. The largest absolute Gasteiger partial charge is 0.372 e. The summed E-state index contributed by atoms with van der Waals surface area (Å²) in [5.41, 5.74) is 3.33. The molecule has 2 heterocycles. The summed E-state index contributed by atoms with van der Waals surface area (Å²) in [6.45, 7) is 2.18. The molecule has 4 rings (SSSR count). The molecule has 1 aliphatic rings. The second-order valence-corrected chi connectivity index (χ2v) is 6.76. The third-order valence-corrected chi connectivity index (χ3v) is 4.85. The molecule has 3 aromatic rings. The number of piperidine rings is 1. The van der Waals surface area contributed by atoms with E-state index in [-0.39, 0.29) is 16.8 Å². The molecule has 1 fully saturated rings. The zero-order valence-electron chi connectivity index (χ0n) is 14.3. The van der Waals surface area contributed by atoms with E-state index >= 15 is 0 Å². The van der Waals surface area contributed by atoms with E-state index in [0.29, 0.717) is 16.7 Å². The molecular formula is C20H19ClN4O. The first-order valence-electron chi connectivity index (χ1n) is 8.79. The fourth-order valence-corrected chi connectivity index (χ4v) is 3.44. The Kier molecular flexibility index (Phi) is 4.71. The number of benzene rings is 2. The third kappa shape index (κ3) is 3.48. The van der Waals surface area contributed by atoms with Crippen molar-refractivity contribution >= 4 is 39.9 Å². The Balaban J connectivity index is 1.51. The van der Waals surface area contributed by atoms with Gasteiger partial charge in [-0.15, -0.1) is 0 Å². The van der Waals surface area contributed by atoms with Crippen LogP contribution in [0.5, 0.6) is 0 Å². The Morgan fingerprint density at radius 1 is 0.923 bits per heavy atom. The van der Waals surface area contributed by atoms with Crippen molar-refractivity contribution < 1.29 is 4.79 Å². The van der Waals surface area contributed by atoms with Crippen molar-refractivity contribution in [1.82, 2.24) is 9.97 Å². The van der Waals surface area contributed by atoms with E-state index in [1.165, 1.54) is 24.9 Å². The predicted molar refractivity (Wildman–Crippen MR) is 105 cm³/mol. The Morgan fingerprint density at radius 3 is 2.27 bits per heavy atom. The van der Waals surface area contributed by atoms with E-state index in [9.17, 15) is 4.79 Å². The van der Waals surface area contributed by atoms with Gasteiger partial charge in [0.1, 0.15) is 0 Å². The molecule has 6 heteroatoms. The zero-order chi connectivity index (χ0) is 17.9.